The standard InChI is InChI=1S/C23H35BrO5/c1-3-4-5-6-7-8-9-10-16-28-22(25)12-11-13-23(26)29-18-19-17-20(24)14-15-21(19)27-2/h14-15,17H,3-13,16,18H2,1-2H3. The molecule has 0 spiro atoms. The Kier molecular flexibility index (Phi) is 14.3. The number of unbranched alkanes of at least 4 members (excludes halogenated alkanes) is 7. The van der Waals surface area contributed by atoms with Gasteiger partial charge in [0.05, 0.1) is 13.7 Å². The fourth-order valence-electron chi connectivity index (χ4n) is 2.96. The van der Waals surface area contributed by atoms with Gasteiger partial charge in [-0.2, -0.15) is 0 Å². The van der Waals surface area contributed by atoms with E-state index in [-0.39, 0.29) is 31.4 Å². The SMILES string of the molecule is CCCCCCCCCCOC(=O)CCCC(=O)OCc1cc(Br)ccc1OC. The van der Waals surface area contributed by atoms with Crippen molar-refractivity contribution in [3.8, 4) is 5.75 Å². The van der Waals surface area contributed by atoms with Crippen LogP contribution in [-0.2, 0) is 25.7 Å². The molecule has 0 aromatic heterocycles. The predicted molar refractivity (Wildman–Crippen MR) is 118 cm³/mol. The molecule has 0 saturated heterocycles. The van der Waals surface area contributed by atoms with E-state index in [4.69, 9.17) is 14.2 Å². The molecule has 0 bridgehead atoms. The Labute approximate surface area is 183 Å². The van der Waals surface area contributed by atoms with Gasteiger partial charge in [0.15, 0.2) is 0 Å². The van der Waals surface area contributed by atoms with Crippen molar-refractivity contribution < 1.29 is 23.8 Å². The lowest BCUT2D eigenvalue weighted by atomic mass is 10.1. The minimum Gasteiger partial charge on any atom is -0.496 e. The molecule has 1 aromatic rings. The monoisotopic (exact) mass is 470 g/mol. The zero-order valence-electron chi connectivity index (χ0n) is 17.8. The van der Waals surface area contributed by atoms with E-state index in [1.165, 1.54) is 38.5 Å². The van der Waals surface area contributed by atoms with Crippen LogP contribution < -0.4 is 4.74 Å². The molecule has 0 unspecified atom stereocenters. The number of hydrogen-bond acceptors (Lipinski definition) is 5. The van der Waals surface area contributed by atoms with Crippen LogP contribution in [0.5, 0.6) is 5.75 Å². The van der Waals surface area contributed by atoms with Crippen LogP contribution in [0.25, 0.3) is 0 Å². The summed E-state index contributed by atoms with van der Waals surface area (Å²) >= 11 is 3.39. The van der Waals surface area contributed by atoms with Crippen LogP contribution in [0.1, 0.15) is 83.1 Å². The molecular formula is C23H35BrO5. The predicted octanol–water partition coefficient (Wildman–Crippen LogP) is 6.36. The Morgan fingerprint density at radius 3 is 2.14 bits per heavy atom. The van der Waals surface area contributed by atoms with Gasteiger partial charge in [-0.1, -0.05) is 67.8 Å². The van der Waals surface area contributed by atoms with Gasteiger partial charge < -0.3 is 14.2 Å². The number of hydrogen-bond donors (Lipinski definition) is 0. The zero-order valence-corrected chi connectivity index (χ0v) is 19.4. The normalized spacial score (nSPS) is 10.6. The Morgan fingerprint density at radius 2 is 1.48 bits per heavy atom. The molecule has 164 valence electrons. The third kappa shape index (κ3) is 12.6. The highest BCUT2D eigenvalue weighted by Gasteiger charge is 2.10. The van der Waals surface area contributed by atoms with E-state index in [1.807, 2.05) is 18.2 Å². The van der Waals surface area contributed by atoms with Crippen molar-refractivity contribution in [2.75, 3.05) is 13.7 Å². The van der Waals surface area contributed by atoms with Crippen LogP contribution in [-0.4, -0.2) is 25.7 Å². The average molecular weight is 471 g/mol. The number of halogens is 1. The van der Waals surface area contributed by atoms with Crippen LogP contribution in [0.4, 0.5) is 0 Å². The summed E-state index contributed by atoms with van der Waals surface area (Å²) in [4.78, 5) is 23.6. The van der Waals surface area contributed by atoms with Gasteiger partial charge in [0.1, 0.15) is 12.4 Å². The van der Waals surface area contributed by atoms with Crippen molar-refractivity contribution in [2.45, 2.75) is 84.2 Å². The summed E-state index contributed by atoms with van der Waals surface area (Å²) in [7, 11) is 1.58. The van der Waals surface area contributed by atoms with Gasteiger partial charge in [0.2, 0.25) is 0 Å². The van der Waals surface area contributed by atoms with Crippen LogP contribution in [0, 0.1) is 0 Å². The zero-order chi connectivity index (χ0) is 21.3. The second-order valence-electron chi connectivity index (χ2n) is 7.17. The number of methoxy groups -OCH3 is 1. The molecular weight excluding hydrogens is 436 g/mol. The Hall–Kier alpha value is -1.56. The van der Waals surface area contributed by atoms with Gasteiger partial charge in [-0.15, -0.1) is 0 Å². The number of carbonyl (C=O) groups excluding carboxylic acids is 2. The van der Waals surface area contributed by atoms with E-state index < -0.39 is 0 Å². The minimum atomic E-state index is -0.331. The maximum absolute atomic E-state index is 11.9. The highest BCUT2D eigenvalue weighted by Crippen LogP contribution is 2.23. The van der Waals surface area contributed by atoms with E-state index in [0.717, 1.165) is 22.9 Å². The van der Waals surface area contributed by atoms with E-state index in [9.17, 15) is 9.59 Å². The topological polar surface area (TPSA) is 61.8 Å². The molecule has 6 heteroatoms. The van der Waals surface area contributed by atoms with Crippen molar-refractivity contribution in [1.82, 2.24) is 0 Å². The number of esters is 2. The first kappa shape index (κ1) is 25.5. The highest BCUT2D eigenvalue weighted by atomic mass is 79.9. The molecule has 5 nitrogen and oxygen atoms in total. The maximum Gasteiger partial charge on any atom is 0.306 e. The molecule has 0 saturated carbocycles. The summed E-state index contributed by atoms with van der Waals surface area (Å²) in [6.45, 7) is 2.84. The van der Waals surface area contributed by atoms with E-state index in [1.54, 1.807) is 7.11 Å². The fraction of sp³-hybridized carbons (Fsp3) is 0.652. The molecule has 0 aliphatic rings. The fourth-order valence-corrected chi connectivity index (χ4v) is 3.37. The molecule has 0 atom stereocenters. The van der Waals surface area contributed by atoms with Crippen molar-refractivity contribution in [3.05, 3.63) is 28.2 Å². The Balaban J connectivity index is 2.05. The van der Waals surface area contributed by atoms with Gasteiger partial charge in [-0.3, -0.25) is 9.59 Å². The highest BCUT2D eigenvalue weighted by molar-refractivity contribution is 9.10. The molecule has 0 amide bonds. The third-order valence-electron chi connectivity index (χ3n) is 4.65. The van der Waals surface area contributed by atoms with Crippen LogP contribution in [0.2, 0.25) is 0 Å². The molecule has 29 heavy (non-hydrogen) atoms. The van der Waals surface area contributed by atoms with Gasteiger partial charge in [-0.05, 0) is 31.0 Å². The number of ether oxygens (including phenoxy) is 3. The average Bonchev–Trinajstić information content (AvgIpc) is 2.71. The number of carbonyl (C=O) groups is 2. The van der Waals surface area contributed by atoms with Crippen LogP contribution in [0.15, 0.2) is 22.7 Å². The quantitative estimate of drug-likeness (QED) is 0.208. The largest absolute Gasteiger partial charge is 0.496 e. The lowest BCUT2D eigenvalue weighted by molar-refractivity contribution is -0.146. The smallest absolute Gasteiger partial charge is 0.306 e. The number of rotatable bonds is 16. The second-order valence-corrected chi connectivity index (χ2v) is 8.08. The lowest BCUT2D eigenvalue weighted by Crippen LogP contribution is -2.09. The third-order valence-corrected chi connectivity index (χ3v) is 5.15. The summed E-state index contributed by atoms with van der Waals surface area (Å²) in [5.41, 5.74) is 0.792. The maximum atomic E-state index is 11.9. The van der Waals surface area contributed by atoms with E-state index >= 15 is 0 Å². The molecule has 0 aliphatic carbocycles. The first-order valence-corrected chi connectivity index (χ1v) is 11.5. The van der Waals surface area contributed by atoms with Gasteiger partial charge >= 0.3 is 11.9 Å². The molecule has 0 heterocycles. The van der Waals surface area contributed by atoms with Crippen molar-refractivity contribution in [1.29, 1.82) is 0 Å². The summed E-state index contributed by atoms with van der Waals surface area (Å²) in [5, 5.41) is 0. The van der Waals surface area contributed by atoms with Gasteiger partial charge in [0.25, 0.3) is 0 Å². The van der Waals surface area contributed by atoms with Crippen molar-refractivity contribution in [3.63, 3.8) is 0 Å². The van der Waals surface area contributed by atoms with Crippen molar-refractivity contribution in [2.24, 2.45) is 0 Å². The lowest BCUT2D eigenvalue weighted by Gasteiger charge is -2.10. The first-order chi connectivity index (χ1) is 14.1. The Bertz CT molecular complexity index is 603. The van der Waals surface area contributed by atoms with Crippen molar-refractivity contribution >= 4 is 27.9 Å². The van der Waals surface area contributed by atoms with Crippen LogP contribution in [0.3, 0.4) is 0 Å². The van der Waals surface area contributed by atoms with E-state index in [2.05, 4.69) is 22.9 Å². The minimum absolute atomic E-state index is 0.143. The molecule has 0 N–H and O–H groups in total. The first-order valence-electron chi connectivity index (χ1n) is 10.7. The van der Waals surface area contributed by atoms with Gasteiger partial charge in [0, 0.05) is 22.9 Å². The summed E-state index contributed by atoms with van der Waals surface area (Å²) in [5.74, 6) is 0.0999. The summed E-state index contributed by atoms with van der Waals surface area (Å²) in [6, 6.07) is 5.54. The molecule has 0 aliphatic heterocycles. The molecule has 1 rings (SSSR count). The molecule has 0 radical (unpaired) electrons. The molecule has 0 fully saturated rings. The van der Waals surface area contributed by atoms with Gasteiger partial charge in [-0.25, -0.2) is 0 Å². The second kappa shape index (κ2) is 16.3. The van der Waals surface area contributed by atoms with E-state index in [0.29, 0.717) is 18.8 Å². The summed E-state index contributed by atoms with van der Waals surface area (Å²) in [6.07, 6.45) is 10.6. The Morgan fingerprint density at radius 1 is 0.862 bits per heavy atom. The van der Waals surface area contributed by atoms with Crippen LogP contribution >= 0.6 is 15.9 Å². The number of benzene rings is 1. The summed E-state index contributed by atoms with van der Waals surface area (Å²) < 4.78 is 16.7. The molecule has 1 aromatic carbocycles.